The summed E-state index contributed by atoms with van der Waals surface area (Å²) in [5, 5.41) is 15.6. The number of aromatic nitrogens is 3. The molecule has 0 fully saturated rings. The highest BCUT2D eigenvalue weighted by Crippen LogP contribution is 2.13. The normalized spacial score (nSPS) is 9.95. The summed E-state index contributed by atoms with van der Waals surface area (Å²) in [5.41, 5.74) is 0.338. The van der Waals surface area contributed by atoms with Crippen LogP contribution in [0, 0.1) is 11.3 Å². The Labute approximate surface area is 110 Å². The smallest absolute Gasteiger partial charge is 0.254 e. The lowest BCUT2D eigenvalue weighted by Crippen LogP contribution is -2.04. The molecule has 2 aromatic heterocycles. The van der Waals surface area contributed by atoms with Crippen molar-refractivity contribution in [1.29, 1.82) is 5.26 Å². The molecular formula is C12H13N5O2. The van der Waals surface area contributed by atoms with E-state index < -0.39 is 0 Å². The average Bonchev–Trinajstić information content (AvgIpc) is 2.92. The van der Waals surface area contributed by atoms with Crippen LogP contribution in [0.5, 0.6) is 5.88 Å². The molecule has 19 heavy (non-hydrogen) atoms. The second-order valence-corrected chi connectivity index (χ2v) is 3.71. The summed E-state index contributed by atoms with van der Waals surface area (Å²) >= 11 is 0. The molecule has 0 bridgehead atoms. The van der Waals surface area contributed by atoms with Gasteiger partial charge in [0.1, 0.15) is 23.4 Å². The summed E-state index contributed by atoms with van der Waals surface area (Å²) in [5.74, 6) is 2.24. The Morgan fingerprint density at radius 2 is 2.26 bits per heavy atom. The minimum Gasteiger partial charge on any atom is -0.479 e. The largest absolute Gasteiger partial charge is 0.479 e. The summed E-state index contributed by atoms with van der Waals surface area (Å²) in [6.45, 7) is 2.34. The number of anilines is 1. The summed E-state index contributed by atoms with van der Waals surface area (Å²) < 4.78 is 9.96. The van der Waals surface area contributed by atoms with Crippen LogP contribution in [0.1, 0.15) is 24.2 Å². The molecule has 2 heterocycles. The van der Waals surface area contributed by atoms with Crippen LogP contribution in [0.15, 0.2) is 16.7 Å². The van der Waals surface area contributed by atoms with Crippen LogP contribution >= 0.6 is 0 Å². The number of nitriles is 1. The molecule has 0 atom stereocenters. The van der Waals surface area contributed by atoms with Crippen molar-refractivity contribution in [2.75, 3.05) is 12.4 Å². The molecule has 0 saturated heterocycles. The van der Waals surface area contributed by atoms with Crippen molar-refractivity contribution >= 4 is 5.82 Å². The predicted molar refractivity (Wildman–Crippen MR) is 66.5 cm³/mol. The molecule has 7 nitrogen and oxygen atoms in total. The fraction of sp³-hybridized carbons (Fsp3) is 0.333. The number of nitrogens with zero attached hydrogens (tertiary/aromatic N) is 4. The van der Waals surface area contributed by atoms with Crippen LogP contribution in [-0.4, -0.2) is 22.2 Å². The highest BCUT2D eigenvalue weighted by atomic mass is 16.5. The fourth-order valence-electron chi connectivity index (χ4n) is 1.45. The molecule has 0 aliphatic carbocycles. The molecule has 1 N–H and O–H groups in total. The topological polar surface area (TPSA) is 96.9 Å². The van der Waals surface area contributed by atoms with Gasteiger partial charge in [-0.25, -0.2) is 9.97 Å². The Balaban J connectivity index is 2.08. The molecule has 0 unspecified atom stereocenters. The highest BCUT2D eigenvalue weighted by Gasteiger charge is 2.06. The lowest BCUT2D eigenvalue weighted by molar-refractivity contribution is 0.328. The maximum atomic E-state index is 8.89. The molecule has 0 spiro atoms. The summed E-state index contributed by atoms with van der Waals surface area (Å²) in [4.78, 5) is 8.35. The van der Waals surface area contributed by atoms with Gasteiger partial charge in [0.15, 0.2) is 5.76 Å². The van der Waals surface area contributed by atoms with Gasteiger partial charge < -0.3 is 14.6 Å². The first-order valence-electron chi connectivity index (χ1n) is 5.76. The Kier molecular flexibility index (Phi) is 3.93. The maximum absolute atomic E-state index is 8.89. The van der Waals surface area contributed by atoms with Gasteiger partial charge in [-0.05, 0) is 5.16 Å². The SMILES string of the molecule is CCc1nc(C#N)cc(NCc2cc(OC)no2)n1. The van der Waals surface area contributed by atoms with E-state index >= 15 is 0 Å². The number of hydrogen-bond acceptors (Lipinski definition) is 7. The van der Waals surface area contributed by atoms with Crippen LogP contribution in [0.3, 0.4) is 0 Å². The summed E-state index contributed by atoms with van der Waals surface area (Å²) in [6, 6.07) is 5.28. The third-order valence-corrected chi connectivity index (χ3v) is 2.39. The molecule has 0 aliphatic heterocycles. The standard InChI is InChI=1S/C12H13N5O2/c1-3-10-15-8(6-13)4-11(16-10)14-7-9-5-12(18-2)17-19-9/h4-5H,3,7H2,1-2H3,(H,14,15,16). The van der Waals surface area contributed by atoms with E-state index in [1.807, 2.05) is 13.0 Å². The number of hydrogen-bond donors (Lipinski definition) is 1. The summed E-state index contributed by atoms with van der Waals surface area (Å²) in [6.07, 6.45) is 0.667. The molecule has 0 aliphatic rings. The second-order valence-electron chi connectivity index (χ2n) is 3.71. The molecule has 98 valence electrons. The lowest BCUT2D eigenvalue weighted by Gasteiger charge is -2.04. The minimum atomic E-state index is 0.338. The van der Waals surface area contributed by atoms with Gasteiger partial charge in [0.2, 0.25) is 0 Å². The Hall–Kier alpha value is -2.62. The Morgan fingerprint density at radius 3 is 2.89 bits per heavy atom. The number of methoxy groups -OCH3 is 1. The van der Waals surface area contributed by atoms with Crippen molar-refractivity contribution in [2.24, 2.45) is 0 Å². The van der Waals surface area contributed by atoms with Crippen LogP contribution in [-0.2, 0) is 13.0 Å². The zero-order valence-corrected chi connectivity index (χ0v) is 10.7. The average molecular weight is 259 g/mol. The van der Waals surface area contributed by atoms with E-state index in [0.29, 0.717) is 41.9 Å². The summed E-state index contributed by atoms with van der Waals surface area (Å²) in [7, 11) is 1.52. The molecular weight excluding hydrogens is 246 g/mol. The molecule has 0 aromatic carbocycles. The van der Waals surface area contributed by atoms with E-state index in [1.54, 1.807) is 12.1 Å². The minimum absolute atomic E-state index is 0.338. The quantitative estimate of drug-likeness (QED) is 0.869. The fourth-order valence-corrected chi connectivity index (χ4v) is 1.45. The number of ether oxygens (including phenoxy) is 1. The number of nitrogens with one attached hydrogen (secondary N) is 1. The predicted octanol–water partition coefficient (Wildman–Crippen LogP) is 1.52. The molecule has 2 rings (SSSR count). The van der Waals surface area contributed by atoms with Gasteiger partial charge in [0, 0.05) is 18.6 Å². The van der Waals surface area contributed by atoms with Crippen molar-refractivity contribution in [2.45, 2.75) is 19.9 Å². The van der Waals surface area contributed by atoms with E-state index in [9.17, 15) is 0 Å². The molecule has 0 amide bonds. The third kappa shape index (κ3) is 3.19. The number of rotatable bonds is 5. The monoisotopic (exact) mass is 259 g/mol. The van der Waals surface area contributed by atoms with Crippen molar-refractivity contribution < 1.29 is 9.26 Å². The van der Waals surface area contributed by atoms with Gasteiger partial charge >= 0.3 is 0 Å². The molecule has 0 radical (unpaired) electrons. The van der Waals surface area contributed by atoms with Crippen molar-refractivity contribution in [3.05, 3.63) is 29.4 Å². The maximum Gasteiger partial charge on any atom is 0.254 e. The van der Waals surface area contributed by atoms with Crippen molar-refractivity contribution in [3.8, 4) is 11.9 Å². The van der Waals surface area contributed by atoms with Crippen LogP contribution in [0.2, 0.25) is 0 Å². The first kappa shape index (κ1) is 12.8. The zero-order chi connectivity index (χ0) is 13.7. The van der Waals surface area contributed by atoms with Gasteiger partial charge in [-0.2, -0.15) is 5.26 Å². The Morgan fingerprint density at radius 1 is 1.42 bits per heavy atom. The van der Waals surface area contributed by atoms with Gasteiger partial charge in [-0.1, -0.05) is 6.92 Å². The van der Waals surface area contributed by atoms with Gasteiger partial charge in [0.25, 0.3) is 5.88 Å². The van der Waals surface area contributed by atoms with E-state index in [4.69, 9.17) is 14.5 Å². The first-order valence-corrected chi connectivity index (χ1v) is 5.76. The van der Waals surface area contributed by atoms with Gasteiger partial charge in [-0.15, -0.1) is 0 Å². The van der Waals surface area contributed by atoms with Gasteiger partial charge in [0.05, 0.1) is 13.7 Å². The lowest BCUT2D eigenvalue weighted by atomic mass is 10.3. The van der Waals surface area contributed by atoms with E-state index in [2.05, 4.69) is 20.4 Å². The molecule has 7 heteroatoms. The van der Waals surface area contributed by atoms with E-state index in [0.717, 1.165) is 0 Å². The highest BCUT2D eigenvalue weighted by molar-refractivity contribution is 5.40. The van der Waals surface area contributed by atoms with Crippen LogP contribution in [0.25, 0.3) is 0 Å². The molecule has 2 aromatic rings. The van der Waals surface area contributed by atoms with Crippen LogP contribution in [0.4, 0.5) is 5.82 Å². The van der Waals surface area contributed by atoms with E-state index in [1.165, 1.54) is 7.11 Å². The first-order chi connectivity index (χ1) is 9.25. The van der Waals surface area contributed by atoms with Crippen LogP contribution < -0.4 is 10.1 Å². The van der Waals surface area contributed by atoms with Crippen molar-refractivity contribution in [3.63, 3.8) is 0 Å². The van der Waals surface area contributed by atoms with E-state index in [-0.39, 0.29) is 0 Å². The zero-order valence-electron chi connectivity index (χ0n) is 10.7. The van der Waals surface area contributed by atoms with Gasteiger partial charge in [-0.3, -0.25) is 0 Å². The second kappa shape index (κ2) is 5.82. The number of aryl methyl sites for hydroxylation is 1. The third-order valence-electron chi connectivity index (χ3n) is 2.39. The Bertz CT molecular complexity index is 602. The molecule has 0 saturated carbocycles. The van der Waals surface area contributed by atoms with Crippen molar-refractivity contribution in [1.82, 2.24) is 15.1 Å².